The fourth-order valence-corrected chi connectivity index (χ4v) is 0. The van der Waals surface area contributed by atoms with Crippen molar-refractivity contribution in [2.75, 3.05) is 0 Å². The number of hydrogen-bond donors (Lipinski definition) is 0. The van der Waals surface area contributed by atoms with E-state index in [9.17, 15) is 13.2 Å². The van der Waals surface area contributed by atoms with Gasteiger partial charge in [-0.2, -0.15) is 13.2 Å². The van der Waals surface area contributed by atoms with Gasteiger partial charge in [-0.25, -0.2) is 0 Å². The lowest BCUT2D eigenvalue weighted by molar-refractivity contribution is -0.112. The van der Waals surface area contributed by atoms with Gasteiger partial charge in [0.05, 0.1) is 0 Å². The summed E-state index contributed by atoms with van der Waals surface area (Å²) in [6, 6.07) is 0. The van der Waals surface area contributed by atoms with Crippen molar-refractivity contribution in [2.45, 2.75) is 10.5 Å². The van der Waals surface area contributed by atoms with E-state index in [1.807, 2.05) is 0 Å². The first-order chi connectivity index (χ1) is 2.94. The van der Waals surface area contributed by atoms with Crippen LogP contribution in [0, 0.1) is 0 Å². The predicted molar refractivity (Wildman–Crippen MR) is 40.0 cm³/mol. The number of hydrogen-bond acceptors (Lipinski definition) is 0. The van der Waals surface area contributed by atoms with E-state index in [-0.39, 0.29) is 24.0 Å². The third-order valence-electron chi connectivity index (χ3n) is 0.247. The summed E-state index contributed by atoms with van der Waals surface area (Å²) in [5, 5.41) is 0. The summed E-state index contributed by atoms with van der Waals surface area (Å²) < 4.78 is 31.1. The Hall–Kier alpha value is 1.29. The van der Waals surface area contributed by atoms with Gasteiger partial charge in [0.25, 0.3) is 0 Å². The van der Waals surface area contributed by atoms with Crippen molar-refractivity contribution in [2.24, 2.45) is 0 Å². The summed E-state index contributed by atoms with van der Waals surface area (Å²) in [5.74, 6) is 0. The number of halogens is 6. The van der Waals surface area contributed by atoms with Crippen LogP contribution in [0.25, 0.3) is 0 Å². The first-order valence-corrected chi connectivity index (χ1v) is 2.64. The van der Waals surface area contributed by atoms with E-state index >= 15 is 0 Å². The Morgan fingerprint density at radius 2 is 1.50 bits per heavy atom. The van der Waals surface area contributed by atoms with E-state index in [4.69, 9.17) is 0 Å². The van der Waals surface area contributed by atoms with Gasteiger partial charge in [-0.1, -0.05) is 15.9 Å². The van der Waals surface area contributed by atoms with E-state index in [2.05, 4.69) is 27.5 Å². The summed E-state index contributed by atoms with van der Waals surface area (Å²) in [6.45, 7) is 0. The van der Waals surface area contributed by atoms with Crippen LogP contribution < -0.4 is 0 Å². The molecule has 0 aromatic heterocycles. The maximum atomic E-state index is 11.0. The maximum Gasteiger partial charge on any atom is 0.414 e. The molecule has 0 saturated heterocycles. The van der Waals surface area contributed by atoms with Crippen molar-refractivity contribution in [3.8, 4) is 0 Å². The second-order valence-electron chi connectivity index (χ2n) is 0.842. The molecule has 0 N–H and O–H groups in total. The van der Waals surface area contributed by atoms with E-state index < -0.39 is 10.5 Å². The van der Waals surface area contributed by atoms with Gasteiger partial charge in [-0.15, -0.1) is 35.6 Å². The Balaban J connectivity index is 0. The Labute approximate surface area is 74.9 Å². The molecule has 1 unspecified atom stereocenters. The second kappa shape index (κ2) is 4.16. The predicted octanol–water partition coefficient (Wildman–Crippen LogP) is 3.13. The molecule has 0 aliphatic heterocycles. The van der Waals surface area contributed by atoms with E-state index in [1.54, 1.807) is 0 Å². The smallest absolute Gasteiger partial charge is 0.168 e. The molecule has 0 saturated carbocycles. The van der Waals surface area contributed by atoms with Crippen LogP contribution in [0.5, 0.6) is 0 Å². The monoisotopic (exact) mass is 324 g/mol. The lowest BCUT2D eigenvalue weighted by Crippen LogP contribution is -2.16. The largest absolute Gasteiger partial charge is 0.414 e. The summed E-state index contributed by atoms with van der Waals surface area (Å²) in [4.78, 5) is 0. The van der Waals surface area contributed by atoms with Crippen LogP contribution in [0.4, 0.5) is 13.2 Å². The Bertz CT molecular complexity index is 62.8. The minimum atomic E-state index is -4.32. The average Bonchev–Trinajstić information content (AvgIpc) is 1.31. The van der Waals surface area contributed by atoms with Crippen LogP contribution in [0.1, 0.15) is 0 Å². The Kier molecular flexibility index (Phi) is 6.25. The SMILES string of the molecule is FC(F)(F)C(Cl)Br.I. The number of alkyl halides is 5. The van der Waals surface area contributed by atoms with Crippen LogP contribution >= 0.6 is 51.5 Å². The molecule has 8 heavy (non-hydrogen) atoms. The first kappa shape index (κ1) is 12.0. The highest BCUT2D eigenvalue weighted by molar-refractivity contribution is 14.0. The molecule has 0 heterocycles. The van der Waals surface area contributed by atoms with Gasteiger partial charge in [0, 0.05) is 0 Å². The van der Waals surface area contributed by atoms with Crippen LogP contribution in [-0.4, -0.2) is 10.5 Å². The van der Waals surface area contributed by atoms with Crippen LogP contribution in [0.2, 0.25) is 0 Å². The summed E-state index contributed by atoms with van der Waals surface area (Å²) in [6.07, 6.45) is -4.32. The lowest BCUT2D eigenvalue weighted by atomic mass is 10.8. The van der Waals surface area contributed by atoms with Gasteiger partial charge >= 0.3 is 6.18 Å². The van der Waals surface area contributed by atoms with Crippen molar-refractivity contribution in [1.82, 2.24) is 0 Å². The molecular weight excluding hydrogens is 323 g/mol. The molecule has 52 valence electrons. The van der Waals surface area contributed by atoms with Crippen LogP contribution in [-0.2, 0) is 0 Å². The zero-order valence-electron chi connectivity index (χ0n) is 3.38. The zero-order chi connectivity index (χ0) is 6.08. The Morgan fingerprint density at radius 1 is 1.38 bits per heavy atom. The third-order valence-corrected chi connectivity index (χ3v) is 1.01. The molecule has 0 aliphatic rings. The topological polar surface area (TPSA) is 0 Å². The molecule has 6 heteroatoms. The molecule has 0 aromatic carbocycles. The fourth-order valence-electron chi connectivity index (χ4n) is 0. The van der Waals surface area contributed by atoms with Crippen LogP contribution in [0.15, 0.2) is 0 Å². The van der Waals surface area contributed by atoms with Crippen molar-refractivity contribution < 1.29 is 13.2 Å². The van der Waals surface area contributed by atoms with Crippen molar-refractivity contribution in [3.63, 3.8) is 0 Å². The van der Waals surface area contributed by atoms with Gasteiger partial charge in [-0.3, -0.25) is 0 Å². The van der Waals surface area contributed by atoms with E-state index in [0.717, 1.165) is 0 Å². The quantitative estimate of drug-likeness (QED) is 0.474. The fraction of sp³-hybridized carbons (Fsp3) is 1.00. The van der Waals surface area contributed by atoms with Gasteiger partial charge in [0.2, 0.25) is 0 Å². The molecule has 0 aromatic rings. The van der Waals surface area contributed by atoms with E-state index in [1.165, 1.54) is 0 Å². The average molecular weight is 325 g/mol. The van der Waals surface area contributed by atoms with Gasteiger partial charge < -0.3 is 0 Å². The van der Waals surface area contributed by atoms with Gasteiger partial charge in [-0.05, 0) is 0 Å². The minimum absolute atomic E-state index is 0. The minimum Gasteiger partial charge on any atom is -0.168 e. The second-order valence-corrected chi connectivity index (χ2v) is 2.72. The van der Waals surface area contributed by atoms with Crippen molar-refractivity contribution in [1.29, 1.82) is 0 Å². The van der Waals surface area contributed by atoms with Gasteiger partial charge in [0.15, 0.2) is 4.29 Å². The molecule has 0 rings (SSSR count). The standard InChI is InChI=1S/C2HBrClF3.HI/c3-1(4)2(5,6)7;/h1H;1H. The van der Waals surface area contributed by atoms with E-state index in [0.29, 0.717) is 0 Å². The molecule has 0 nitrogen and oxygen atoms in total. The normalized spacial score (nSPS) is 14.6. The molecule has 0 fully saturated rings. The lowest BCUT2D eigenvalue weighted by Gasteiger charge is -2.03. The molecule has 0 amide bonds. The third kappa shape index (κ3) is 5.43. The van der Waals surface area contributed by atoms with Gasteiger partial charge in [0.1, 0.15) is 0 Å². The molecular formula is C2H2BrClF3I. The highest BCUT2D eigenvalue weighted by Gasteiger charge is 2.35. The molecule has 1 atom stereocenters. The molecule has 0 aliphatic carbocycles. The highest BCUT2D eigenvalue weighted by atomic mass is 127. The Morgan fingerprint density at radius 3 is 1.50 bits per heavy atom. The molecule has 0 spiro atoms. The molecule has 0 bridgehead atoms. The summed E-state index contributed by atoms with van der Waals surface area (Å²) in [5.41, 5.74) is 0. The maximum absolute atomic E-state index is 11.0. The summed E-state index contributed by atoms with van der Waals surface area (Å²) >= 11 is 6.68. The van der Waals surface area contributed by atoms with Crippen molar-refractivity contribution in [3.05, 3.63) is 0 Å². The number of rotatable bonds is 0. The van der Waals surface area contributed by atoms with Crippen LogP contribution in [0.3, 0.4) is 0 Å². The molecule has 0 radical (unpaired) electrons. The zero-order valence-corrected chi connectivity index (χ0v) is 8.05. The highest BCUT2D eigenvalue weighted by Crippen LogP contribution is 2.28. The first-order valence-electron chi connectivity index (χ1n) is 1.29. The van der Waals surface area contributed by atoms with Crippen molar-refractivity contribution >= 4 is 51.5 Å². The summed E-state index contributed by atoms with van der Waals surface area (Å²) in [7, 11) is 0.